The van der Waals surface area contributed by atoms with Crippen LogP contribution in [-0.4, -0.2) is 24.2 Å². The van der Waals surface area contributed by atoms with Crippen molar-refractivity contribution >= 4 is 17.3 Å². The fourth-order valence-electron chi connectivity index (χ4n) is 1.04. The maximum atomic E-state index is 12.7. The van der Waals surface area contributed by atoms with E-state index in [0.29, 0.717) is 5.02 Å². The van der Waals surface area contributed by atoms with Crippen LogP contribution in [0.3, 0.4) is 0 Å². The molecule has 0 bridgehead atoms. The topological polar surface area (TPSA) is 56.0 Å². The minimum atomic E-state index is -3.22. The molecule has 86 valence electrons. The lowest BCUT2D eigenvalue weighted by Gasteiger charge is -2.15. The number of hydrogen-bond acceptors (Lipinski definition) is 3. The number of benzene rings is 1. The van der Waals surface area contributed by atoms with E-state index in [0.717, 1.165) is 0 Å². The first kappa shape index (κ1) is 12.7. The van der Waals surface area contributed by atoms with E-state index in [1.807, 2.05) is 6.07 Å². The average Bonchev–Trinajstić information content (AvgIpc) is 2.27. The summed E-state index contributed by atoms with van der Waals surface area (Å²) in [7, 11) is 0. The molecule has 1 rings (SSSR count). The summed E-state index contributed by atoms with van der Waals surface area (Å²) in [4.78, 5) is 0. The summed E-state index contributed by atoms with van der Waals surface area (Å²) in [5.74, 6) is -3.22. The highest BCUT2D eigenvalue weighted by molar-refractivity contribution is 6.30. The van der Waals surface area contributed by atoms with Crippen LogP contribution in [0.2, 0.25) is 5.02 Å². The van der Waals surface area contributed by atoms with Gasteiger partial charge in [-0.3, -0.25) is 0 Å². The summed E-state index contributed by atoms with van der Waals surface area (Å²) >= 11 is 5.65. The molecule has 0 aliphatic rings. The Bertz CT molecular complexity index is 418. The lowest BCUT2D eigenvalue weighted by atomic mass is 10.2. The zero-order valence-corrected chi connectivity index (χ0v) is 8.93. The van der Waals surface area contributed by atoms with Gasteiger partial charge in [0.25, 0.3) is 5.92 Å². The van der Waals surface area contributed by atoms with Crippen molar-refractivity contribution in [2.45, 2.75) is 5.92 Å². The molecule has 0 unspecified atom stereocenters. The number of nitrogens with one attached hydrogen (secondary N) is 1. The monoisotopic (exact) mass is 246 g/mol. The first-order valence-electron chi connectivity index (χ1n) is 4.41. The Hall–Kier alpha value is -1.38. The van der Waals surface area contributed by atoms with Crippen LogP contribution >= 0.6 is 11.6 Å². The molecule has 0 aromatic heterocycles. The molecule has 0 saturated carbocycles. The molecule has 6 heteroatoms. The van der Waals surface area contributed by atoms with Crippen LogP contribution in [0.5, 0.6) is 0 Å². The molecule has 0 saturated heterocycles. The number of anilines is 1. The van der Waals surface area contributed by atoms with Crippen molar-refractivity contribution < 1.29 is 13.9 Å². The Labute approximate surface area is 96.3 Å². The van der Waals surface area contributed by atoms with Crippen LogP contribution in [0.1, 0.15) is 5.56 Å². The summed E-state index contributed by atoms with van der Waals surface area (Å²) in [6.45, 7) is -1.98. The molecule has 0 amide bonds. The highest BCUT2D eigenvalue weighted by Crippen LogP contribution is 2.21. The molecule has 0 atom stereocenters. The molecule has 0 fully saturated rings. The van der Waals surface area contributed by atoms with E-state index in [-0.39, 0.29) is 11.3 Å². The number of nitrogens with zero attached hydrogens (tertiary/aromatic N) is 1. The SMILES string of the molecule is N#Cc1cc(Cl)ccc1NCC(F)(F)CO. The Balaban J connectivity index is 2.79. The molecule has 0 heterocycles. The molecule has 1 aromatic rings. The van der Waals surface area contributed by atoms with Gasteiger partial charge in [0, 0.05) is 5.02 Å². The Morgan fingerprint density at radius 1 is 1.50 bits per heavy atom. The minimum Gasteiger partial charge on any atom is -0.390 e. The van der Waals surface area contributed by atoms with Gasteiger partial charge < -0.3 is 10.4 Å². The fourth-order valence-corrected chi connectivity index (χ4v) is 1.22. The summed E-state index contributed by atoms with van der Waals surface area (Å²) in [5.41, 5.74) is 0.446. The largest absolute Gasteiger partial charge is 0.390 e. The Kier molecular flexibility index (Phi) is 4.05. The molecule has 0 aliphatic heterocycles. The molecule has 0 radical (unpaired) electrons. The van der Waals surface area contributed by atoms with Crippen LogP contribution in [0, 0.1) is 11.3 Å². The van der Waals surface area contributed by atoms with Gasteiger partial charge in [-0.15, -0.1) is 0 Å². The van der Waals surface area contributed by atoms with Crippen molar-refractivity contribution in [1.82, 2.24) is 0 Å². The zero-order valence-electron chi connectivity index (χ0n) is 8.17. The van der Waals surface area contributed by atoms with Crippen molar-refractivity contribution in [2.24, 2.45) is 0 Å². The van der Waals surface area contributed by atoms with Gasteiger partial charge in [-0.05, 0) is 18.2 Å². The number of hydrogen-bond donors (Lipinski definition) is 2. The van der Waals surface area contributed by atoms with Crippen molar-refractivity contribution in [2.75, 3.05) is 18.5 Å². The summed E-state index contributed by atoms with van der Waals surface area (Å²) in [5, 5.41) is 19.9. The van der Waals surface area contributed by atoms with Crippen molar-refractivity contribution in [1.29, 1.82) is 5.26 Å². The quantitative estimate of drug-likeness (QED) is 0.857. The van der Waals surface area contributed by atoms with Gasteiger partial charge in [0.1, 0.15) is 12.7 Å². The van der Waals surface area contributed by atoms with Crippen LogP contribution in [0.15, 0.2) is 18.2 Å². The van der Waals surface area contributed by atoms with E-state index in [9.17, 15) is 8.78 Å². The summed E-state index contributed by atoms with van der Waals surface area (Å²) in [6, 6.07) is 6.14. The first-order chi connectivity index (χ1) is 7.48. The van der Waals surface area contributed by atoms with Crippen molar-refractivity contribution in [3.05, 3.63) is 28.8 Å². The second kappa shape index (κ2) is 5.10. The molecule has 16 heavy (non-hydrogen) atoms. The second-order valence-corrected chi connectivity index (χ2v) is 3.61. The van der Waals surface area contributed by atoms with Crippen LogP contribution in [0.25, 0.3) is 0 Å². The zero-order chi connectivity index (χ0) is 12.2. The van der Waals surface area contributed by atoms with Crippen molar-refractivity contribution in [3.63, 3.8) is 0 Å². The molecular weight excluding hydrogens is 238 g/mol. The molecule has 0 aliphatic carbocycles. The van der Waals surface area contributed by atoms with E-state index < -0.39 is 19.1 Å². The first-order valence-corrected chi connectivity index (χ1v) is 4.78. The third-order valence-corrected chi connectivity index (χ3v) is 2.11. The van der Waals surface area contributed by atoms with Gasteiger partial charge in [0.05, 0.1) is 17.8 Å². The predicted molar refractivity (Wildman–Crippen MR) is 56.7 cm³/mol. The number of alkyl halides is 2. The maximum Gasteiger partial charge on any atom is 0.287 e. The standard InChI is InChI=1S/C10H9ClF2N2O/c11-8-1-2-9(7(3-8)4-14)15-5-10(12,13)6-16/h1-3,15-16H,5-6H2. The number of halogens is 3. The van der Waals surface area contributed by atoms with E-state index in [1.54, 1.807) is 0 Å². The molecule has 0 spiro atoms. The van der Waals surface area contributed by atoms with E-state index in [2.05, 4.69) is 5.32 Å². The van der Waals surface area contributed by atoms with Crippen LogP contribution in [0.4, 0.5) is 14.5 Å². The minimum absolute atomic E-state index is 0.182. The Morgan fingerprint density at radius 3 is 2.75 bits per heavy atom. The smallest absolute Gasteiger partial charge is 0.287 e. The molecule has 3 nitrogen and oxygen atoms in total. The lowest BCUT2D eigenvalue weighted by Crippen LogP contribution is -2.31. The van der Waals surface area contributed by atoms with Gasteiger partial charge in [-0.1, -0.05) is 11.6 Å². The molecule has 2 N–H and O–H groups in total. The van der Waals surface area contributed by atoms with E-state index in [4.69, 9.17) is 22.0 Å². The van der Waals surface area contributed by atoms with Gasteiger partial charge in [0.15, 0.2) is 0 Å². The summed E-state index contributed by atoms with van der Waals surface area (Å²) in [6.07, 6.45) is 0. The average molecular weight is 247 g/mol. The number of aliphatic hydroxyl groups excluding tert-OH is 1. The van der Waals surface area contributed by atoms with Gasteiger partial charge in [-0.25, -0.2) is 8.78 Å². The van der Waals surface area contributed by atoms with Crippen molar-refractivity contribution in [3.8, 4) is 6.07 Å². The lowest BCUT2D eigenvalue weighted by molar-refractivity contribution is -0.0372. The predicted octanol–water partition coefficient (Wildman–Crippen LogP) is 2.25. The third-order valence-electron chi connectivity index (χ3n) is 1.87. The number of rotatable bonds is 4. The fraction of sp³-hybridized carbons (Fsp3) is 0.300. The normalized spacial score (nSPS) is 10.9. The molecular formula is C10H9ClF2N2O. The van der Waals surface area contributed by atoms with Gasteiger partial charge in [0.2, 0.25) is 0 Å². The Morgan fingerprint density at radius 2 is 2.19 bits per heavy atom. The number of aliphatic hydroxyl groups is 1. The third kappa shape index (κ3) is 3.33. The van der Waals surface area contributed by atoms with E-state index >= 15 is 0 Å². The van der Waals surface area contributed by atoms with Gasteiger partial charge in [-0.2, -0.15) is 5.26 Å². The van der Waals surface area contributed by atoms with Crippen LogP contribution < -0.4 is 5.32 Å². The maximum absolute atomic E-state index is 12.7. The highest BCUT2D eigenvalue weighted by Gasteiger charge is 2.27. The van der Waals surface area contributed by atoms with E-state index in [1.165, 1.54) is 18.2 Å². The van der Waals surface area contributed by atoms with Crippen LogP contribution in [-0.2, 0) is 0 Å². The number of nitriles is 1. The summed E-state index contributed by atoms with van der Waals surface area (Å²) < 4.78 is 25.5. The molecule has 1 aromatic carbocycles. The highest BCUT2D eigenvalue weighted by atomic mass is 35.5. The van der Waals surface area contributed by atoms with Gasteiger partial charge >= 0.3 is 0 Å². The second-order valence-electron chi connectivity index (χ2n) is 3.17.